The van der Waals surface area contributed by atoms with Crippen LogP contribution in [0.5, 0.6) is 0 Å². The molecule has 2 atom stereocenters. The summed E-state index contributed by atoms with van der Waals surface area (Å²) in [6.45, 7) is 3.67. The van der Waals surface area contributed by atoms with Gasteiger partial charge in [-0.1, -0.05) is 0 Å². The summed E-state index contributed by atoms with van der Waals surface area (Å²) in [7, 11) is 0. The van der Waals surface area contributed by atoms with E-state index in [0.29, 0.717) is 6.04 Å². The summed E-state index contributed by atoms with van der Waals surface area (Å²) in [5, 5.41) is 3.70. The predicted octanol–water partition coefficient (Wildman–Crippen LogP) is 1.40. The van der Waals surface area contributed by atoms with E-state index < -0.39 is 0 Å². The topological polar surface area (TPSA) is 27.6 Å². The summed E-state index contributed by atoms with van der Waals surface area (Å²) in [5.41, 5.74) is 0. The lowest BCUT2D eigenvalue weighted by molar-refractivity contribution is 0.308. The van der Waals surface area contributed by atoms with Crippen molar-refractivity contribution >= 4 is 5.84 Å². The molecule has 2 saturated heterocycles. The molecule has 3 nitrogen and oxygen atoms in total. The molecule has 0 radical (unpaired) electrons. The maximum atomic E-state index is 4.59. The fourth-order valence-corrected chi connectivity index (χ4v) is 3.28. The minimum Gasteiger partial charge on any atom is -0.369 e. The normalized spacial score (nSPS) is 36.4. The van der Waals surface area contributed by atoms with E-state index in [9.17, 15) is 0 Å². The Morgan fingerprint density at radius 2 is 2.13 bits per heavy atom. The Labute approximate surface area is 91.9 Å². The van der Waals surface area contributed by atoms with E-state index in [-0.39, 0.29) is 0 Å². The Bertz CT molecular complexity index is 262. The monoisotopic (exact) mass is 207 g/mol. The summed E-state index contributed by atoms with van der Waals surface area (Å²) < 4.78 is 0. The van der Waals surface area contributed by atoms with E-state index in [2.05, 4.69) is 15.2 Å². The third kappa shape index (κ3) is 1.89. The Morgan fingerprint density at radius 1 is 1.13 bits per heavy atom. The van der Waals surface area contributed by atoms with Crippen LogP contribution in [0, 0.1) is 0 Å². The predicted molar refractivity (Wildman–Crippen MR) is 62.3 cm³/mol. The molecule has 3 aliphatic rings. The minimum atomic E-state index is 0.698. The highest BCUT2D eigenvalue weighted by Crippen LogP contribution is 2.28. The van der Waals surface area contributed by atoms with Crippen LogP contribution in [-0.4, -0.2) is 42.5 Å². The number of fused-ring (bicyclic) bond motifs is 1. The number of nitrogens with zero attached hydrogens (tertiary/aromatic N) is 2. The first kappa shape index (κ1) is 9.64. The first-order valence-electron chi connectivity index (χ1n) is 6.47. The van der Waals surface area contributed by atoms with Crippen LogP contribution >= 0.6 is 0 Å². The molecule has 2 unspecified atom stereocenters. The fraction of sp³-hybridized carbons (Fsp3) is 0.917. The zero-order valence-corrected chi connectivity index (χ0v) is 9.41. The molecule has 0 amide bonds. The first-order valence-corrected chi connectivity index (χ1v) is 6.47. The summed E-state index contributed by atoms with van der Waals surface area (Å²) in [5.74, 6) is 1.29. The summed E-state index contributed by atoms with van der Waals surface area (Å²) in [4.78, 5) is 7.25. The fourth-order valence-electron chi connectivity index (χ4n) is 3.28. The highest BCUT2D eigenvalue weighted by Gasteiger charge is 2.37. The van der Waals surface area contributed by atoms with Gasteiger partial charge in [0.2, 0.25) is 0 Å². The van der Waals surface area contributed by atoms with Crippen molar-refractivity contribution in [2.45, 2.75) is 50.6 Å². The molecule has 0 saturated carbocycles. The number of nitrogens with one attached hydrogen (secondary N) is 1. The van der Waals surface area contributed by atoms with Crippen molar-refractivity contribution in [3.63, 3.8) is 0 Å². The molecular weight excluding hydrogens is 186 g/mol. The first-order chi connectivity index (χ1) is 7.43. The number of rotatable bonds is 1. The Hall–Kier alpha value is -0.570. The van der Waals surface area contributed by atoms with E-state index in [0.717, 1.165) is 12.6 Å². The highest BCUT2D eigenvalue weighted by molar-refractivity contribution is 5.83. The van der Waals surface area contributed by atoms with Gasteiger partial charge in [-0.3, -0.25) is 9.89 Å². The molecule has 0 bridgehead atoms. The second-order valence-electron chi connectivity index (χ2n) is 5.07. The quantitative estimate of drug-likeness (QED) is 0.704. The van der Waals surface area contributed by atoms with Crippen molar-refractivity contribution in [3.05, 3.63) is 0 Å². The third-order valence-electron chi connectivity index (χ3n) is 4.08. The van der Waals surface area contributed by atoms with Gasteiger partial charge in [-0.05, 0) is 38.6 Å². The van der Waals surface area contributed by atoms with E-state index in [1.165, 1.54) is 57.5 Å². The smallest absolute Gasteiger partial charge is 0.0965 e. The molecule has 3 heterocycles. The van der Waals surface area contributed by atoms with Gasteiger partial charge in [0.15, 0.2) is 0 Å². The van der Waals surface area contributed by atoms with Crippen LogP contribution in [0.1, 0.15) is 38.5 Å². The maximum absolute atomic E-state index is 4.59. The van der Waals surface area contributed by atoms with E-state index in [1.54, 1.807) is 0 Å². The van der Waals surface area contributed by atoms with Gasteiger partial charge >= 0.3 is 0 Å². The Balaban J connectivity index is 1.61. The SMILES string of the molecule is C1CCC(NC2CCN3CCCC23)=NC1. The van der Waals surface area contributed by atoms with Crippen LogP contribution in [0.15, 0.2) is 4.99 Å². The van der Waals surface area contributed by atoms with Crippen molar-refractivity contribution in [1.29, 1.82) is 0 Å². The molecule has 2 fully saturated rings. The second-order valence-corrected chi connectivity index (χ2v) is 5.07. The number of hydrogen-bond acceptors (Lipinski definition) is 3. The second kappa shape index (κ2) is 4.12. The molecule has 0 aliphatic carbocycles. The zero-order chi connectivity index (χ0) is 10.1. The largest absolute Gasteiger partial charge is 0.369 e. The van der Waals surface area contributed by atoms with Crippen molar-refractivity contribution in [2.75, 3.05) is 19.6 Å². The van der Waals surface area contributed by atoms with Crippen LogP contribution in [-0.2, 0) is 0 Å². The molecule has 0 aromatic heterocycles. The highest BCUT2D eigenvalue weighted by atomic mass is 15.2. The third-order valence-corrected chi connectivity index (χ3v) is 4.08. The molecule has 15 heavy (non-hydrogen) atoms. The summed E-state index contributed by atoms with van der Waals surface area (Å²) in [6.07, 6.45) is 7.91. The van der Waals surface area contributed by atoms with Gasteiger partial charge in [0.05, 0.1) is 5.84 Å². The van der Waals surface area contributed by atoms with Crippen LogP contribution in [0.25, 0.3) is 0 Å². The van der Waals surface area contributed by atoms with Gasteiger partial charge in [0.25, 0.3) is 0 Å². The standard InChI is InChI=1S/C12H21N3/c1-2-7-13-12(5-1)14-10-6-9-15-8-3-4-11(10)15/h10-11H,1-9H2,(H,13,14). The molecule has 3 rings (SSSR count). The van der Waals surface area contributed by atoms with Crippen molar-refractivity contribution < 1.29 is 0 Å². The summed E-state index contributed by atoms with van der Waals surface area (Å²) >= 11 is 0. The summed E-state index contributed by atoms with van der Waals surface area (Å²) in [6, 6.07) is 1.51. The molecule has 1 N–H and O–H groups in total. The number of amidine groups is 1. The van der Waals surface area contributed by atoms with E-state index in [1.807, 2.05) is 0 Å². The molecule has 3 aliphatic heterocycles. The lowest BCUT2D eigenvalue weighted by Crippen LogP contribution is -2.42. The average molecular weight is 207 g/mol. The Morgan fingerprint density at radius 3 is 3.00 bits per heavy atom. The average Bonchev–Trinajstić information content (AvgIpc) is 2.85. The molecule has 0 aromatic rings. The molecule has 3 heteroatoms. The van der Waals surface area contributed by atoms with Gasteiger partial charge in [0.1, 0.15) is 0 Å². The van der Waals surface area contributed by atoms with Gasteiger partial charge < -0.3 is 5.32 Å². The zero-order valence-electron chi connectivity index (χ0n) is 9.41. The lowest BCUT2D eigenvalue weighted by Gasteiger charge is -2.24. The van der Waals surface area contributed by atoms with Crippen LogP contribution in [0.3, 0.4) is 0 Å². The Kier molecular flexibility index (Phi) is 2.65. The van der Waals surface area contributed by atoms with Crippen molar-refractivity contribution in [3.8, 4) is 0 Å². The molecule has 0 spiro atoms. The van der Waals surface area contributed by atoms with Crippen LogP contribution in [0.4, 0.5) is 0 Å². The van der Waals surface area contributed by atoms with Crippen molar-refractivity contribution in [1.82, 2.24) is 10.2 Å². The molecule has 0 aromatic carbocycles. The van der Waals surface area contributed by atoms with Crippen molar-refractivity contribution in [2.24, 2.45) is 4.99 Å². The molecular formula is C12H21N3. The lowest BCUT2D eigenvalue weighted by atomic mass is 10.1. The maximum Gasteiger partial charge on any atom is 0.0965 e. The van der Waals surface area contributed by atoms with E-state index in [4.69, 9.17) is 0 Å². The van der Waals surface area contributed by atoms with E-state index >= 15 is 0 Å². The number of hydrogen-bond donors (Lipinski definition) is 1. The van der Waals surface area contributed by atoms with Gasteiger partial charge in [-0.2, -0.15) is 0 Å². The minimum absolute atomic E-state index is 0.698. The molecule has 84 valence electrons. The van der Waals surface area contributed by atoms with Crippen LogP contribution < -0.4 is 5.32 Å². The van der Waals surface area contributed by atoms with Gasteiger partial charge in [-0.25, -0.2) is 0 Å². The van der Waals surface area contributed by atoms with Crippen LogP contribution in [0.2, 0.25) is 0 Å². The number of aliphatic imine (C=N–C) groups is 1. The van der Waals surface area contributed by atoms with Gasteiger partial charge in [0, 0.05) is 31.6 Å². The van der Waals surface area contributed by atoms with Gasteiger partial charge in [-0.15, -0.1) is 0 Å².